The zero-order valence-corrected chi connectivity index (χ0v) is 26.2. The first-order chi connectivity index (χ1) is 20.0. The van der Waals surface area contributed by atoms with E-state index in [4.69, 9.17) is 0 Å². The molecule has 4 rings (SSSR count). The van der Waals surface area contributed by atoms with E-state index in [0.29, 0.717) is 12.1 Å². The fraction of sp³-hybridized carbons (Fsp3) is 0.412. The number of nitrogens with one attached hydrogen (secondary N) is 1. The summed E-state index contributed by atoms with van der Waals surface area (Å²) in [6.45, 7) is 9.27. The van der Waals surface area contributed by atoms with Crippen LogP contribution in [0.3, 0.4) is 0 Å². The minimum Gasteiger partial charge on any atom is -0.352 e. The molecule has 0 radical (unpaired) electrons. The first-order valence-corrected chi connectivity index (χ1v) is 16.3. The molecule has 0 saturated heterocycles. The van der Waals surface area contributed by atoms with Gasteiger partial charge in [0, 0.05) is 12.6 Å². The number of nitrogens with zero attached hydrogens (tertiary/aromatic N) is 2. The van der Waals surface area contributed by atoms with E-state index in [1.807, 2.05) is 71.0 Å². The van der Waals surface area contributed by atoms with Crippen LogP contribution in [0.2, 0.25) is 0 Å². The molecule has 1 N–H and O–H groups in total. The summed E-state index contributed by atoms with van der Waals surface area (Å²) in [5.74, 6) is -0.619. The van der Waals surface area contributed by atoms with E-state index in [1.54, 1.807) is 35.2 Å². The molecule has 3 aromatic rings. The molecule has 7 nitrogen and oxygen atoms in total. The Hall–Kier alpha value is -3.65. The van der Waals surface area contributed by atoms with Gasteiger partial charge in [0.05, 0.1) is 10.6 Å². The van der Waals surface area contributed by atoms with Gasteiger partial charge in [-0.15, -0.1) is 0 Å². The maximum Gasteiger partial charge on any atom is 0.264 e. The summed E-state index contributed by atoms with van der Waals surface area (Å²) in [7, 11) is -4.10. The van der Waals surface area contributed by atoms with Crippen LogP contribution >= 0.6 is 0 Å². The first kappa shape index (κ1) is 31.3. The fourth-order valence-corrected chi connectivity index (χ4v) is 7.10. The van der Waals surface area contributed by atoms with Gasteiger partial charge in [0.2, 0.25) is 11.8 Å². The lowest BCUT2D eigenvalue weighted by Crippen LogP contribution is -2.53. The van der Waals surface area contributed by atoms with Crippen molar-refractivity contribution in [1.29, 1.82) is 0 Å². The maximum atomic E-state index is 14.3. The normalized spacial score (nSPS) is 14.4. The third-order valence-corrected chi connectivity index (χ3v) is 9.82. The summed E-state index contributed by atoms with van der Waals surface area (Å²) in [6, 6.07) is 19.4. The highest BCUT2D eigenvalue weighted by atomic mass is 32.2. The molecule has 1 unspecified atom stereocenters. The molecule has 3 aromatic carbocycles. The summed E-state index contributed by atoms with van der Waals surface area (Å²) in [6.07, 6.45) is 4.43. The Morgan fingerprint density at radius 1 is 0.881 bits per heavy atom. The monoisotopic (exact) mass is 589 g/mol. The average Bonchev–Trinajstić information content (AvgIpc) is 3.46. The lowest BCUT2D eigenvalue weighted by atomic mass is 10.1. The molecular weight excluding hydrogens is 546 g/mol. The van der Waals surface area contributed by atoms with Gasteiger partial charge >= 0.3 is 0 Å². The second-order valence-electron chi connectivity index (χ2n) is 11.5. The van der Waals surface area contributed by atoms with Crippen LogP contribution in [0, 0.1) is 27.7 Å². The number of rotatable bonds is 11. The van der Waals surface area contributed by atoms with Gasteiger partial charge in [-0.05, 0) is 81.8 Å². The van der Waals surface area contributed by atoms with E-state index < -0.39 is 28.5 Å². The Balaban J connectivity index is 1.75. The van der Waals surface area contributed by atoms with Gasteiger partial charge in [-0.3, -0.25) is 13.9 Å². The van der Waals surface area contributed by atoms with Crippen LogP contribution in [-0.2, 0) is 26.2 Å². The van der Waals surface area contributed by atoms with Crippen LogP contribution in [0.15, 0.2) is 71.6 Å². The van der Waals surface area contributed by atoms with Crippen molar-refractivity contribution in [2.24, 2.45) is 0 Å². The average molecular weight is 590 g/mol. The number of anilines is 1. The van der Waals surface area contributed by atoms with Crippen LogP contribution in [0.25, 0.3) is 0 Å². The van der Waals surface area contributed by atoms with Crippen LogP contribution in [0.5, 0.6) is 0 Å². The van der Waals surface area contributed by atoms with Gasteiger partial charge in [0.1, 0.15) is 12.6 Å². The molecule has 224 valence electrons. The molecule has 0 aromatic heterocycles. The highest BCUT2D eigenvalue weighted by molar-refractivity contribution is 7.92. The SMILES string of the molecule is CCC(C(=O)NC1CCCC1)N(Cc1cccc(C)c1)C(=O)CN(c1cc(C)ccc1C)S(=O)(=O)c1ccc(C)cc1. The van der Waals surface area contributed by atoms with Gasteiger partial charge in [-0.25, -0.2) is 8.42 Å². The van der Waals surface area contributed by atoms with Crippen LogP contribution in [0.4, 0.5) is 5.69 Å². The molecule has 0 bridgehead atoms. The lowest BCUT2D eigenvalue weighted by Gasteiger charge is -2.34. The van der Waals surface area contributed by atoms with Gasteiger partial charge in [-0.1, -0.05) is 79.4 Å². The van der Waals surface area contributed by atoms with Gasteiger partial charge in [0.25, 0.3) is 10.0 Å². The van der Waals surface area contributed by atoms with Gasteiger partial charge < -0.3 is 10.2 Å². The number of amides is 2. The van der Waals surface area contributed by atoms with E-state index in [9.17, 15) is 18.0 Å². The minimum atomic E-state index is -4.10. The number of benzene rings is 3. The molecule has 0 spiro atoms. The van der Waals surface area contributed by atoms with Crippen LogP contribution in [0.1, 0.15) is 66.8 Å². The Labute approximate surface area is 251 Å². The molecule has 1 atom stereocenters. The van der Waals surface area contributed by atoms with Crippen molar-refractivity contribution in [3.05, 3.63) is 94.5 Å². The maximum absolute atomic E-state index is 14.3. The zero-order valence-electron chi connectivity index (χ0n) is 25.4. The van der Waals surface area contributed by atoms with E-state index in [1.165, 1.54) is 4.31 Å². The van der Waals surface area contributed by atoms with Crippen molar-refractivity contribution < 1.29 is 18.0 Å². The summed E-state index contributed by atoms with van der Waals surface area (Å²) >= 11 is 0. The van der Waals surface area contributed by atoms with Gasteiger partial charge in [0.15, 0.2) is 0 Å². The molecule has 1 fully saturated rings. The third-order valence-electron chi connectivity index (χ3n) is 8.04. The molecule has 0 heterocycles. The lowest BCUT2D eigenvalue weighted by molar-refractivity contribution is -0.140. The van der Waals surface area contributed by atoms with Crippen molar-refractivity contribution in [2.75, 3.05) is 10.8 Å². The Morgan fingerprint density at radius 3 is 2.17 bits per heavy atom. The predicted molar refractivity (Wildman–Crippen MR) is 168 cm³/mol. The van der Waals surface area contributed by atoms with Crippen LogP contribution < -0.4 is 9.62 Å². The van der Waals surface area contributed by atoms with Crippen molar-refractivity contribution in [2.45, 2.75) is 90.2 Å². The van der Waals surface area contributed by atoms with Crippen molar-refractivity contribution in [3.8, 4) is 0 Å². The molecule has 1 saturated carbocycles. The Morgan fingerprint density at radius 2 is 1.52 bits per heavy atom. The first-order valence-electron chi connectivity index (χ1n) is 14.8. The van der Waals surface area contributed by atoms with Crippen molar-refractivity contribution in [3.63, 3.8) is 0 Å². The standard InChI is InChI=1S/C34H43N3O4S/c1-6-31(34(39)35-29-12-7-8-13-29)36(22-28-11-9-10-25(3)20-28)33(38)23-37(32-21-26(4)14-17-27(32)5)42(40,41)30-18-15-24(2)16-19-30/h9-11,14-21,29,31H,6-8,12-13,22-23H2,1-5H3,(H,35,39). The summed E-state index contributed by atoms with van der Waals surface area (Å²) < 4.78 is 29.5. The summed E-state index contributed by atoms with van der Waals surface area (Å²) in [4.78, 5) is 29.6. The zero-order chi connectivity index (χ0) is 30.4. The van der Waals surface area contributed by atoms with Crippen molar-refractivity contribution >= 4 is 27.5 Å². The summed E-state index contributed by atoms with van der Waals surface area (Å²) in [5.41, 5.74) is 4.93. The molecule has 8 heteroatoms. The number of carbonyl (C=O) groups is 2. The van der Waals surface area contributed by atoms with Gasteiger partial charge in [-0.2, -0.15) is 0 Å². The Bertz CT molecular complexity index is 1510. The minimum absolute atomic E-state index is 0.107. The quantitative estimate of drug-likeness (QED) is 0.298. The predicted octanol–water partition coefficient (Wildman–Crippen LogP) is 5.98. The highest BCUT2D eigenvalue weighted by Crippen LogP contribution is 2.29. The number of hydrogen-bond donors (Lipinski definition) is 1. The molecular formula is C34H43N3O4S. The second kappa shape index (κ2) is 13.6. The second-order valence-corrected chi connectivity index (χ2v) is 13.4. The number of carbonyl (C=O) groups excluding carboxylic acids is 2. The topological polar surface area (TPSA) is 86.8 Å². The Kier molecular flexibility index (Phi) is 10.1. The largest absolute Gasteiger partial charge is 0.352 e. The smallest absolute Gasteiger partial charge is 0.264 e. The van der Waals surface area contributed by atoms with Crippen LogP contribution in [-0.4, -0.2) is 43.8 Å². The number of sulfonamides is 1. The van der Waals surface area contributed by atoms with E-state index in [-0.39, 0.29) is 23.4 Å². The molecule has 1 aliphatic carbocycles. The van der Waals surface area contributed by atoms with E-state index >= 15 is 0 Å². The number of aryl methyl sites for hydroxylation is 4. The highest BCUT2D eigenvalue weighted by Gasteiger charge is 2.35. The van der Waals surface area contributed by atoms with Crippen molar-refractivity contribution in [1.82, 2.24) is 10.2 Å². The fourth-order valence-electron chi connectivity index (χ4n) is 5.63. The third kappa shape index (κ3) is 7.40. The molecule has 42 heavy (non-hydrogen) atoms. The number of hydrogen-bond acceptors (Lipinski definition) is 4. The molecule has 0 aliphatic heterocycles. The molecule has 1 aliphatic rings. The van der Waals surface area contributed by atoms with E-state index in [0.717, 1.165) is 53.5 Å². The van der Waals surface area contributed by atoms with E-state index in [2.05, 4.69) is 5.32 Å². The summed E-state index contributed by atoms with van der Waals surface area (Å²) in [5, 5.41) is 3.16. The molecule has 2 amide bonds.